The molecule has 0 aliphatic rings. The number of hydrogen-bond donors (Lipinski definition) is 1. The quantitative estimate of drug-likeness (QED) is 0.880. The van der Waals surface area contributed by atoms with E-state index in [-0.39, 0.29) is 5.91 Å². The fourth-order valence-corrected chi connectivity index (χ4v) is 2.52. The van der Waals surface area contributed by atoms with E-state index >= 15 is 0 Å². The Hall–Kier alpha value is -2.29. The van der Waals surface area contributed by atoms with E-state index in [1.807, 2.05) is 37.4 Å². The van der Waals surface area contributed by atoms with Crippen LogP contribution in [0.4, 0.5) is 5.69 Å². The van der Waals surface area contributed by atoms with Crippen LogP contribution in [-0.4, -0.2) is 24.4 Å². The minimum Gasteiger partial charge on any atom is -0.384 e. The maximum Gasteiger partial charge on any atom is 0.224 e. The fraction of sp³-hybridized carbons (Fsp3) is 0.316. The van der Waals surface area contributed by atoms with E-state index in [9.17, 15) is 4.79 Å². The highest BCUT2D eigenvalue weighted by atomic mass is 16.2. The molecule has 0 aromatic heterocycles. The number of anilines is 1. The van der Waals surface area contributed by atoms with Gasteiger partial charge in [-0.05, 0) is 30.5 Å². The van der Waals surface area contributed by atoms with Crippen LogP contribution >= 0.6 is 0 Å². The Kier molecular flexibility index (Phi) is 5.59. The molecule has 0 unspecified atom stereocenters. The van der Waals surface area contributed by atoms with E-state index < -0.39 is 0 Å². The van der Waals surface area contributed by atoms with Gasteiger partial charge in [0.25, 0.3) is 0 Å². The Bertz CT molecular complexity index is 602. The molecule has 3 nitrogen and oxygen atoms in total. The number of rotatable bonds is 6. The van der Waals surface area contributed by atoms with Crippen LogP contribution in [0.3, 0.4) is 0 Å². The lowest BCUT2D eigenvalue weighted by Gasteiger charge is -2.18. The summed E-state index contributed by atoms with van der Waals surface area (Å²) in [5, 5.41) is 3.38. The molecule has 0 atom stereocenters. The molecule has 0 radical (unpaired) electrons. The zero-order chi connectivity index (χ0) is 15.9. The zero-order valence-corrected chi connectivity index (χ0v) is 13.6. The maximum atomic E-state index is 12.2. The van der Waals surface area contributed by atoms with Gasteiger partial charge in [0.15, 0.2) is 0 Å². The number of nitrogens with zero attached hydrogens (tertiary/aromatic N) is 1. The summed E-state index contributed by atoms with van der Waals surface area (Å²) in [7, 11) is 1.86. The smallest absolute Gasteiger partial charge is 0.224 e. The third-order valence-corrected chi connectivity index (χ3v) is 3.81. The van der Waals surface area contributed by atoms with Crippen molar-refractivity contribution < 1.29 is 4.79 Å². The highest BCUT2D eigenvalue weighted by Crippen LogP contribution is 2.19. The van der Waals surface area contributed by atoms with Crippen molar-refractivity contribution in [3.63, 3.8) is 0 Å². The van der Waals surface area contributed by atoms with Gasteiger partial charge in [0.2, 0.25) is 5.91 Å². The minimum absolute atomic E-state index is 0.155. The number of aryl methyl sites for hydroxylation is 2. The van der Waals surface area contributed by atoms with Crippen LogP contribution in [0.25, 0.3) is 0 Å². The Morgan fingerprint density at radius 2 is 1.64 bits per heavy atom. The summed E-state index contributed by atoms with van der Waals surface area (Å²) in [4.78, 5) is 14.0. The summed E-state index contributed by atoms with van der Waals surface area (Å²) in [6, 6.07) is 16.3. The van der Waals surface area contributed by atoms with Crippen LogP contribution in [0.1, 0.15) is 23.1 Å². The van der Waals surface area contributed by atoms with E-state index in [2.05, 4.69) is 37.4 Å². The second kappa shape index (κ2) is 7.64. The molecule has 0 fully saturated rings. The van der Waals surface area contributed by atoms with Crippen molar-refractivity contribution in [1.29, 1.82) is 0 Å². The molecule has 2 rings (SSSR count). The zero-order valence-electron chi connectivity index (χ0n) is 13.6. The van der Waals surface area contributed by atoms with E-state index in [4.69, 9.17) is 0 Å². The number of carbonyl (C=O) groups is 1. The van der Waals surface area contributed by atoms with Crippen LogP contribution < -0.4 is 5.32 Å². The molecular formula is C19H24N2O. The van der Waals surface area contributed by atoms with Gasteiger partial charge >= 0.3 is 0 Å². The number of nitrogens with one attached hydrogen (secondary N) is 1. The van der Waals surface area contributed by atoms with Crippen LogP contribution in [-0.2, 0) is 11.3 Å². The Balaban J connectivity index is 1.82. The molecule has 0 saturated carbocycles. The summed E-state index contributed by atoms with van der Waals surface area (Å²) >= 11 is 0. The molecule has 2 aromatic rings. The predicted molar refractivity (Wildman–Crippen MR) is 91.9 cm³/mol. The van der Waals surface area contributed by atoms with Crippen molar-refractivity contribution in [3.8, 4) is 0 Å². The third kappa shape index (κ3) is 4.35. The summed E-state index contributed by atoms with van der Waals surface area (Å²) < 4.78 is 0. The van der Waals surface area contributed by atoms with Gasteiger partial charge in [0.05, 0.1) is 0 Å². The first kappa shape index (κ1) is 16.1. The van der Waals surface area contributed by atoms with Crippen molar-refractivity contribution >= 4 is 11.6 Å². The first-order valence-corrected chi connectivity index (χ1v) is 7.66. The number of hydrogen-bond acceptors (Lipinski definition) is 2. The monoisotopic (exact) mass is 296 g/mol. The van der Waals surface area contributed by atoms with E-state index in [0.717, 1.165) is 11.3 Å². The summed E-state index contributed by atoms with van der Waals surface area (Å²) in [5.41, 5.74) is 4.72. The van der Waals surface area contributed by atoms with Crippen molar-refractivity contribution in [2.45, 2.75) is 26.8 Å². The summed E-state index contributed by atoms with van der Waals surface area (Å²) in [5.74, 6) is 0.155. The predicted octanol–water partition coefficient (Wildman–Crippen LogP) is 3.76. The van der Waals surface area contributed by atoms with Crippen molar-refractivity contribution in [2.24, 2.45) is 0 Å². The van der Waals surface area contributed by atoms with Gasteiger partial charge in [-0.3, -0.25) is 4.79 Å². The van der Waals surface area contributed by atoms with Crippen molar-refractivity contribution in [3.05, 3.63) is 65.2 Å². The molecule has 0 heterocycles. The van der Waals surface area contributed by atoms with Gasteiger partial charge in [0.1, 0.15) is 0 Å². The largest absolute Gasteiger partial charge is 0.384 e. The maximum absolute atomic E-state index is 12.2. The summed E-state index contributed by atoms with van der Waals surface area (Å²) in [6.07, 6.45) is 0.497. The van der Waals surface area contributed by atoms with Gasteiger partial charge in [-0.15, -0.1) is 0 Å². The van der Waals surface area contributed by atoms with Crippen LogP contribution in [0.5, 0.6) is 0 Å². The minimum atomic E-state index is 0.155. The Morgan fingerprint density at radius 3 is 2.27 bits per heavy atom. The molecule has 3 heteroatoms. The molecule has 116 valence electrons. The topological polar surface area (TPSA) is 32.3 Å². The molecule has 0 bridgehead atoms. The molecule has 22 heavy (non-hydrogen) atoms. The number of benzene rings is 2. The average molecular weight is 296 g/mol. The normalized spacial score (nSPS) is 10.3. The molecule has 0 spiro atoms. The van der Waals surface area contributed by atoms with Gasteiger partial charge in [0, 0.05) is 32.2 Å². The average Bonchev–Trinajstić information content (AvgIpc) is 2.51. The van der Waals surface area contributed by atoms with Crippen molar-refractivity contribution in [1.82, 2.24) is 4.90 Å². The first-order valence-electron chi connectivity index (χ1n) is 7.66. The molecule has 0 aliphatic heterocycles. The molecule has 0 saturated heterocycles. The lowest BCUT2D eigenvalue weighted by molar-refractivity contribution is -0.130. The first-order chi connectivity index (χ1) is 10.6. The molecule has 0 aliphatic carbocycles. The standard InChI is InChI=1S/C19H24N2O/c1-15-8-7-9-16(2)19(15)20-13-12-18(22)21(3)14-17-10-5-4-6-11-17/h4-11,20H,12-14H2,1-3H3. The third-order valence-electron chi connectivity index (χ3n) is 3.81. The van der Waals surface area contributed by atoms with Gasteiger partial charge in [-0.2, -0.15) is 0 Å². The molecule has 1 amide bonds. The van der Waals surface area contributed by atoms with Crippen LogP contribution in [0, 0.1) is 13.8 Å². The Morgan fingerprint density at radius 1 is 1.00 bits per heavy atom. The molecular weight excluding hydrogens is 272 g/mol. The highest BCUT2D eigenvalue weighted by molar-refractivity contribution is 5.76. The van der Waals surface area contributed by atoms with E-state index in [0.29, 0.717) is 19.5 Å². The number of carbonyl (C=O) groups excluding carboxylic acids is 1. The van der Waals surface area contributed by atoms with Gasteiger partial charge in [-0.1, -0.05) is 48.5 Å². The summed E-state index contributed by atoms with van der Waals surface area (Å²) in [6.45, 7) is 5.48. The van der Waals surface area contributed by atoms with Gasteiger partial charge < -0.3 is 10.2 Å². The number of para-hydroxylation sites is 1. The SMILES string of the molecule is Cc1cccc(C)c1NCCC(=O)N(C)Cc1ccccc1. The number of amides is 1. The van der Waals surface area contributed by atoms with E-state index in [1.54, 1.807) is 4.90 Å². The lowest BCUT2D eigenvalue weighted by Crippen LogP contribution is -2.27. The second-order valence-corrected chi connectivity index (χ2v) is 5.68. The fourth-order valence-electron chi connectivity index (χ4n) is 2.52. The molecule has 1 N–H and O–H groups in total. The van der Waals surface area contributed by atoms with Crippen LogP contribution in [0.15, 0.2) is 48.5 Å². The second-order valence-electron chi connectivity index (χ2n) is 5.68. The molecule has 2 aromatic carbocycles. The van der Waals surface area contributed by atoms with Gasteiger partial charge in [-0.25, -0.2) is 0 Å². The van der Waals surface area contributed by atoms with Crippen LogP contribution in [0.2, 0.25) is 0 Å². The highest BCUT2D eigenvalue weighted by Gasteiger charge is 2.09. The lowest BCUT2D eigenvalue weighted by atomic mass is 10.1. The Labute approximate surface area is 133 Å². The van der Waals surface area contributed by atoms with Crippen molar-refractivity contribution in [2.75, 3.05) is 18.9 Å². The van der Waals surface area contributed by atoms with E-state index in [1.165, 1.54) is 11.1 Å².